The van der Waals surface area contributed by atoms with E-state index in [9.17, 15) is 14.4 Å². The number of aromatic nitrogens is 2. The number of carbonyl (C=O) groups is 2. The van der Waals surface area contributed by atoms with Gasteiger partial charge in [0.2, 0.25) is 0 Å². The van der Waals surface area contributed by atoms with E-state index >= 15 is 0 Å². The second-order valence-electron chi connectivity index (χ2n) is 6.96. The first-order chi connectivity index (χ1) is 14.9. The number of hydrogen-bond acceptors (Lipinski definition) is 4. The fourth-order valence-corrected chi connectivity index (χ4v) is 3.44. The van der Waals surface area contributed by atoms with Crippen molar-refractivity contribution in [2.45, 2.75) is 13.5 Å². The molecule has 31 heavy (non-hydrogen) atoms. The predicted molar refractivity (Wildman–Crippen MR) is 114 cm³/mol. The summed E-state index contributed by atoms with van der Waals surface area (Å²) in [5.74, 6) is -0.538. The standard InChI is InChI=1S/C22H16ClN5O3/c1-13-18(20(29)28(26-13)17-4-2-3-16(23)9-17)10-19-21(30)27(22(31)25-19)12-15-7-5-14(11-24)6-8-15/h2-10,26H,12H2,1H3,(H,25,31)/b19-10-. The van der Waals surface area contributed by atoms with E-state index in [0.717, 1.165) is 4.90 Å². The lowest BCUT2D eigenvalue weighted by molar-refractivity contribution is -0.123. The molecule has 1 aromatic heterocycles. The van der Waals surface area contributed by atoms with Crippen molar-refractivity contribution >= 4 is 29.6 Å². The number of nitriles is 1. The van der Waals surface area contributed by atoms with E-state index in [1.807, 2.05) is 6.07 Å². The molecule has 2 N–H and O–H groups in total. The molecule has 154 valence electrons. The van der Waals surface area contributed by atoms with Gasteiger partial charge in [0.1, 0.15) is 5.70 Å². The monoisotopic (exact) mass is 433 g/mol. The topological polar surface area (TPSA) is 111 Å². The molecule has 0 radical (unpaired) electrons. The molecule has 3 aromatic rings. The number of H-pyrrole nitrogens is 1. The molecule has 4 rings (SSSR count). The number of carbonyl (C=O) groups excluding carboxylic acids is 2. The van der Waals surface area contributed by atoms with Gasteiger partial charge >= 0.3 is 6.03 Å². The number of nitrogens with zero attached hydrogens (tertiary/aromatic N) is 3. The van der Waals surface area contributed by atoms with Gasteiger partial charge in [-0.2, -0.15) is 5.26 Å². The van der Waals surface area contributed by atoms with Crippen molar-refractivity contribution in [1.29, 1.82) is 5.26 Å². The van der Waals surface area contributed by atoms with Gasteiger partial charge in [-0.15, -0.1) is 0 Å². The van der Waals surface area contributed by atoms with E-state index in [-0.39, 0.29) is 23.4 Å². The minimum atomic E-state index is -0.580. The van der Waals surface area contributed by atoms with Crippen molar-refractivity contribution in [3.63, 3.8) is 0 Å². The minimum absolute atomic E-state index is 0.0103. The fourth-order valence-electron chi connectivity index (χ4n) is 3.25. The molecule has 0 unspecified atom stereocenters. The van der Waals surface area contributed by atoms with Gasteiger partial charge in [0.15, 0.2) is 0 Å². The summed E-state index contributed by atoms with van der Waals surface area (Å²) in [5, 5.41) is 14.8. The zero-order chi connectivity index (χ0) is 22.1. The quantitative estimate of drug-likeness (QED) is 0.486. The molecule has 2 aromatic carbocycles. The third-order valence-corrected chi connectivity index (χ3v) is 5.09. The van der Waals surface area contributed by atoms with Crippen molar-refractivity contribution in [3.8, 4) is 11.8 Å². The smallest absolute Gasteiger partial charge is 0.303 e. The number of halogens is 1. The molecule has 0 atom stereocenters. The number of urea groups is 1. The van der Waals surface area contributed by atoms with Crippen molar-refractivity contribution in [1.82, 2.24) is 20.0 Å². The molecule has 0 bridgehead atoms. The van der Waals surface area contributed by atoms with Crippen LogP contribution in [0.2, 0.25) is 5.02 Å². The number of hydrogen-bond donors (Lipinski definition) is 2. The second kappa shape index (κ2) is 7.97. The Balaban J connectivity index is 1.62. The van der Waals surface area contributed by atoms with Crippen molar-refractivity contribution < 1.29 is 9.59 Å². The van der Waals surface area contributed by atoms with Crippen LogP contribution in [0.25, 0.3) is 11.8 Å². The van der Waals surface area contributed by atoms with E-state index < -0.39 is 11.9 Å². The molecular weight excluding hydrogens is 418 g/mol. The van der Waals surface area contributed by atoms with Crippen molar-refractivity contribution in [2.75, 3.05) is 0 Å². The summed E-state index contributed by atoms with van der Waals surface area (Å²) in [6, 6.07) is 14.8. The van der Waals surface area contributed by atoms with E-state index in [1.165, 1.54) is 10.8 Å². The van der Waals surface area contributed by atoms with Gasteiger partial charge in [-0.05, 0) is 48.9 Å². The molecule has 8 nitrogen and oxygen atoms in total. The van der Waals surface area contributed by atoms with Gasteiger partial charge in [0.25, 0.3) is 11.5 Å². The molecule has 1 aliphatic rings. The van der Waals surface area contributed by atoms with Crippen LogP contribution in [-0.2, 0) is 11.3 Å². The average Bonchev–Trinajstić information content (AvgIpc) is 3.19. The Morgan fingerprint density at radius 1 is 1.13 bits per heavy atom. The summed E-state index contributed by atoms with van der Waals surface area (Å²) < 4.78 is 1.32. The molecule has 1 aliphatic heterocycles. The lowest BCUT2D eigenvalue weighted by Gasteiger charge is -2.11. The maximum atomic E-state index is 12.9. The van der Waals surface area contributed by atoms with E-state index in [4.69, 9.17) is 16.9 Å². The highest BCUT2D eigenvalue weighted by Gasteiger charge is 2.34. The Labute approximate surface area is 182 Å². The lowest BCUT2D eigenvalue weighted by Crippen LogP contribution is -2.30. The number of rotatable bonds is 4. The zero-order valence-corrected chi connectivity index (χ0v) is 17.1. The Kier molecular flexibility index (Phi) is 5.19. The number of imide groups is 1. The molecule has 1 saturated heterocycles. The normalized spacial score (nSPS) is 14.7. The number of aromatic amines is 1. The lowest BCUT2D eigenvalue weighted by atomic mass is 10.1. The Bertz CT molecular complexity index is 1330. The molecule has 3 amide bonds. The molecule has 0 saturated carbocycles. The van der Waals surface area contributed by atoms with Crippen molar-refractivity contribution in [3.05, 3.63) is 92.0 Å². The first-order valence-corrected chi connectivity index (χ1v) is 9.66. The number of nitrogens with one attached hydrogen (secondary N) is 2. The maximum absolute atomic E-state index is 12.9. The molecular formula is C22H16ClN5O3. The fraction of sp³-hybridized carbons (Fsp3) is 0.0909. The highest BCUT2D eigenvalue weighted by Crippen LogP contribution is 2.18. The van der Waals surface area contributed by atoms with E-state index in [1.54, 1.807) is 55.5 Å². The molecule has 9 heteroatoms. The molecule has 0 spiro atoms. The van der Waals surface area contributed by atoms with Crippen LogP contribution in [0.15, 0.2) is 59.0 Å². The third kappa shape index (κ3) is 3.86. The van der Waals surface area contributed by atoms with E-state index in [2.05, 4.69) is 10.4 Å². The number of amides is 3. The Hall–Kier alpha value is -4.09. The van der Waals surface area contributed by atoms with Gasteiger partial charge < -0.3 is 5.32 Å². The van der Waals surface area contributed by atoms with Crippen LogP contribution in [0.3, 0.4) is 0 Å². The summed E-state index contributed by atoms with van der Waals surface area (Å²) in [5.41, 5.74) is 2.16. The molecule has 0 aliphatic carbocycles. The van der Waals surface area contributed by atoms with Crippen LogP contribution >= 0.6 is 11.6 Å². The Morgan fingerprint density at radius 2 is 1.87 bits per heavy atom. The van der Waals surface area contributed by atoms with Crippen molar-refractivity contribution in [2.24, 2.45) is 0 Å². The van der Waals surface area contributed by atoms with Crippen LogP contribution in [0.4, 0.5) is 4.79 Å². The second-order valence-corrected chi connectivity index (χ2v) is 7.40. The molecule has 1 fully saturated rings. The van der Waals surface area contributed by atoms with Gasteiger partial charge in [-0.1, -0.05) is 29.8 Å². The first-order valence-electron chi connectivity index (χ1n) is 9.28. The van der Waals surface area contributed by atoms with Gasteiger partial charge in [0, 0.05) is 10.7 Å². The van der Waals surface area contributed by atoms with Crippen LogP contribution in [-0.4, -0.2) is 26.6 Å². The van der Waals surface area contributed by atoms with Crippen LogP contribution in [0, 0.1) is 18.3 Å². The SMILES string of the molecule is Cc1[nH]n(-c2cccc(Cl)c2)c(=O)c1/C=C1\NC(=O)N(Cc2ccc(C#N)cc2)C1=O. The predicted octanol–water partition coefficient (Wildman–Crippen LogP) is 3.09. The van der Waals surface area contributed by atoms with Gasteiger partial charge in [-0.25, -0.2) is 9.48 Å². The van der Waals surface area contributed by atoms with Gasteiger partial charge in [0.05, 0.1) is 29.4 Å². The third-order valence-electron chi connectivity index (χ3n) is 4.86. The summed E-state index contributed by atoms with van der Waals surface area (Å²) in [6.07, 6.45) is 1.37. The Morgan fingerprint density at radius 3 is 2.55 bits per heavy atom. The van der Waals surface area contributed by atoms with E-state index in [0.29, 0.717) is 27.5 Å². The summed E-state index contributed by atoms with van der Waals surface area (Å²) in [6.45, 7) is 1.75. The van der Waals surface area contributed by atoms with Crippen LogP contribution in [0.1, 0.15) is 22.4 Å². The largest absolute Gasteiger partial charge is 0.329 e. The highest BCUT2D eigenvalue weighted by molar-refractivity contribution is 6.30. The zero-order valence-electron chi connectivity index (χ0n) is 16.3. The number of benzene rings is 2. The average molecular weight is 434 g/mol. The summed E-state index contributed by atoms with van der Waals surface area (Å²) >= 11 is 6.01. The van der Waals surface area contributed by atoms with Gasteiger partial charge in [-0.3, -0.25) is 19.6 Å². The number of aryl methyl sites for hydroxylation is 1. The summed E-state index contributed by atoms with van der Waals surface area (Å²) in [4.78, 5) is 39.1. The first kappa shape index (κ1) is 20.2. The maximum Gasteiger partial charge on any atom is 0.329 e. The van der Waals surface area contributed by atoms with Crippen LogP contribution in [0.5, 0.6) is 0 Å². The highest BCUT2D eigenvalue weighted by atomic mass is 35.5. The van der Waals surface area contributed by atoms with Crippen LogP contribution < -0.4 is 10.9 Å². The summed E-state index contributed by atoms with van der Waals surface area (Å²) in [7, 11) is 0. The minimum Gasteiger partial charge on any atom is -0.303 e. The molecule has 2 heterocycles.